The molecule has 1 amide bonds. The minimum absolute atomic E-state index is 0.127. The third kappa shape index (κ3) is 4.45. The molecule has 2 aromatic heterocycles. The monoisotopic (exact) mass is 417 g/mol. The normalized spacial score (nSPS) is 10.6. The molecule has 0 aliphatic carbocycles. The highest BCUT2D eigenvalue weighted by Gasteiger charge is 2.19. The van der Waals surface area contributed by atoms with Gasteiger partial charge in [0.1, 0.15) is 11.5 Å². The highest BCUT2D eigenvalue weighted by Crippen LogP contribution is 2.24. The van der Waals surface area contributed by atoms with Crippen molar-refractivity contribution < 1.29 is 14.1 Å². The zero-order chi connectivity index (χ0) is 21.8. The molecule has 154 valence electrons. The van der Waals surface area contributed by atoms with Crippen molar-refractivity contribution in [2.75, 3.05) is 0 Å². The first-order valence-corrected chi connectivity index (χ1v) is 9.29. The lowest BCUT2D eigenvalue weighted by Crippen LogP contribution is -2.25. The highest BCUT2D eigenvalue weighted by molar-refractivity contribution is 5.94. The van der Waals surface area contributed by atoms with Crippen LogP contribution in [0.5, 0.6) is 0 Å². The van der Waals surface area contributed by atoms with Gasteiger partial charge >= 0.3 is 0 Å². The second-order valence-electron chi connectivity index (χ2n) is 6.65. The maximum Gasteiger partial charge on any atom is 0.271 e. The summed E-state index contributed by atoms with van der Waals surface area (Å²) in [5.41, 5.74) is 2.26. The van der Waals surface area contributed by atoms with Gasteiger partial charge in [-0.2, -0.15) is 5.10 Å². The molecule has 0 spiro atoms. The Bertz CT molecular complexity index is 1240. The number of hydrogen-bond acceptors (Lipinski definition) is 5. The van der Waals surface area contributed by atoms with Crippen molar-refractivity contribution in [1.29, 1.82) is 0 Å². The number of carbonyl (C=O) groups is 1. The Morgan fingerprint density at radius 3 is 2.61 bits per heavy atom. The first kappa shape index (κ1) is 19.9. The number of aromatic nitrogens is 3. The molecule has 2 aromatic carbocycles. The van der Waals surface area contributed by atoms with Crippen LogP contribution in [0.4, 0.5) is 10.1 Å². The number of nitro benzene ring substituents is 1. The fourth-order valence-electron chi connectivity index (χ4n) is 3.02. The van der Waals surface area contributed by atoms with Crippen LogP contribution < -0.4 is 5.32 Å². The van der Waals surface area contributed by atoms with E-state index in [2.05, 4.69) is 15.4 Å². The van der Waals surface area contributed by atoms with Gasteiger partial charge < -0.3 is 5.32 Å². The van der Waals surface area contributed by atoms with Crippen LogP contribution in [-0.4, -0.2) is 25.6 Å². The Balaban J connectivity index is 1.73. The molecule has 8 nitrogen and oxygen atoms in total. The van der Waals surface area contributed by atoms with Gasteiger partial charge in [0.25, 0.3) is 11.6 Å². The lowest BCUT2D eigenvalue weighted by Gasteiger charge is -2.08. The number of carbonyl (C=O) groups excluding carboxylic acids is 1. The molecule has 31 heavy (non-hydrogen) atoms. The summed E-state index contributed by atoms with van der Waals surface area (Å²) in [6.45, 7) is 0.249. The molecule has 4 aromatic rings. The van der Waals surface area contributed by atoms with Gasteiger partial charge in [0.2, 0.25) is 0 Å². The molecule has 0 unspecified atom stereocenters. The molecule has 4 rings (SSSR count). The smallest absolute Gasteiger partial charge is 0.271 e. The van der Waals surface area contributed by atoms with E-state index in [1.807, 2.05) is 6.07 Å². The molecule has 0 atom stereocenters. The van der Waals surface area contributed by atoms with Gasteiger partial charge in [-0.15, -0.1) is 0 Å². The van der Waals surface area contributed by atoms with Gasteiger partial charge in [0, 0.05) is 36.6 Å². The quantitative estimate of drug-likeness (QED) is 0.378. The van der Waals surface area contributed by atoms with Crippen LogP contribution in [-0.2, 0) is 6.54 Å². The second kappa shape index (κ2) is 8.54. The van der Waals surface area contributed by atoms with E-state index < -0.39 is 16.6 Å². The zero-order valence-corrected chi connectivity index (χ0v) is 16.1. The summed E-state index contributed by atoms with van der Waals surface area (Å²) in [5, 5.41) is 18.4. The first-order valence-electron chi connectivity index (χ1n) is 9.29. The summed E-state index contributed by atoms with van der Waals surface area (Å²) in [4.78, 5) is 27.6. The number of nitrogens with zero attached hydrogens (tertiary/aromatic N) is 4. The van der Waals surface area contributed by atoms with Crippen LogP contribution in [0.15, 0.2) is 79.1 Å². The number of nitrogens with one attached hydrogen (secondary N) is 1. The Morgan fingerprint density at radius 2 is 1.90 bits per heavy atom. The van der Waals surface area contributed by atoms with Crippen molar-refractivity contribution in [2.45, 2.75) is 6.54 Å². The van der Waals surface area contributed by atoms with E-state index in [4.69, 9.17) is 0 Å². The molecule has 2 heterocycles. The molecular formula is C22H16FN5O3. The van der Waals surface area contributed by atoms with Crippen molar-refractivity contribution in [1.82, 2.24) is 20.1 Å². The number of amides is 1. The number of nitro groups is 1. The third-order valence-corrected chi connectivity index (χ3v) is 4.54. The van der Waals surface area contributed by atoms with Crippen LogP contribution >= 0.6 is 0 Å². The summed E-state index contributed by atoms with van der Waals surface area (Å²) in [5.74, 6) is -0.812. The predicted molar refractivity (Wildman–Crippen MR) is 111 cm³/mol. The summed E-state index contributed by atoms with van der Waals surface area (Å²) < 4.78 is 14.6. The summed E-state index contributed by atoms with van der Waals surface area (Å²) in [6.07, 6.45) is 3.28. The van der Waals surface area contributed by atoms with Crippen LogP contribution in [0.1, 0.15) is 16.1 Å². The van der Waals surface area contributed by atoms with Gasteiger partial charge in [-0.1, -0.05) is 12.1 Å². The number of pyridine rings is 1. The average molecular weight is 417 g/mol. The third-order valence-electron chi connectivity index (χ3n) is 4.54. The molecule has 0 fully saturated rings. The molecule has 0 saturated carbocycles. The van der Waals surface area contributed by atoms with E-state index in [0.29, 0.717) is 16.9 Å². The van der Waals surface area contributed by atoms with E-state index in [-0.39, 0.29) is 17.9 Å². The zero-order valence-electron chi connectivity index (χ0n) is 16.1. The molecule has 0 aliphatic heterocycles. The summed E-state index contributed by atoms with van der Waals surface area (Å²) in [6, 6.07) is 16.7. The van der Waals surface area contributed by atoms with E-state index in [1.54, 1.807) is 42.7 Å². The second-order valence-corrected chi connectivity index (χ2v) is 6.65. The molecule has 9 heteroatoms. The lowest BCUT2D eigenvalue weighted by atomic mass is 10.1. The number of rotatable bonds is 6. The Kier molecular flexibility index (Phi) is 5.48. The van der Waals surface area contributed by atoms with Gasteiger partial charge in [0.05, 0.1) is 16.3 Å². The Labute approximate surface area is 176 Å². The highest BCUT2D eigenvalue weighted by atomic mass is 19.1. The predicted octanol–water partition coefficient (Wildman–Crippen LogP) is 3.91. The standard InChI is InChI=1S/C22H16FN5O3/c23-17-8-6-16(7-9-17)20-12-21(22(29)25-14-15-3-2-10-24-13-15)27(26-20)18-4-1-5-19(11-18)28(30)31/h1-13H,14H2,(H,25,29). The van der Waals surface area contributed by atoms with Crippen molar-refractivity contribution in [2.24, 2.45) is 0 Å². The summed E-state index contributed by atoms with van der Waals surface area (Å²) in [7, 11) is 0. The van der Waals surface area contributed by atoms with Gasteiger partial charge in [-0.05, 0) is 48.0 Å². The maximum atomic E-state index is 13.3. The molecule has 0 saturated heterocycles. The van der Waals surface area contributed by atoms with E-state index >= 15 is 0 Å². The van der Waals surface area contributed by atoms with E-state index in [1.165, 1.54) is 35.0 Å². The average Bonchev–Trinajstić information content (AvgIpc) is 3.24. The summed E-state index contributed by atoms with van der Waals surface area (Å²) >= 11 is 0. The molecule has 0 aliphatic rings. The minimum Gasteiger partial charge on any atom is -0.347 e. The van der Waals surface area contributed by atoms with Gasteiger partial charge in [0.15, 0.2) is 0 Å². The van der Waals surface area contributed by atoms with E-state index in [9.17, 15) is 19.3 Å². The molecule has 1 N–H and O–H groups in total. The largest absolute Gasteiger partial charge is 0.347 e. The van der Waals surface area contributed by atoms with Crippen LogP contribution in [0.2, 0.25) is 0 Å². The lowest BCUT2D eigenvalue weighted by molar-refractivity contribution is -0.384. The SMILES string of the molecule is O=C(NCc1cccnc1)c1cc(-c2ccc(F)cc2)nn1-c1cccc([N+](=O)[O-])c1. The van der Waals surface area contributed by atoms with Crippen molar-refractivity contribution in [3.63, 3.8) is 0 Å². The van der Waals surface area contributed by atoms with Crippen molar-refractivity contribution in [3.05, 3.63) is 106 Å². The maximum absolute atomic E-state index is 13.3. The fourth-order valence-corrected chi connectivity index (χ4v) is 3.02. The van der Waals surface area contributed by atoms with Crippen LogP contribution in [0, 0.1) is 15.9 Å². The van der Waals surface area contributed by atoms with Gasteiger partial charge in [-0.3, -0.25) is 19.9 Å². The van der Waals surface area contributed by atoms with Crippen molar-refractivity contribution in [3.8, 4) is 16.9 Å². The van der Waals surface area contributed by atoms with Crippen molar-refractivity contribution >= 4 is 11.6 Å². The van der Waals surface area contributed by atoms with Gasteiger partial charge in [-0.25, -0.2) is 9.07 Å². The first-order chi connectivity index (χ1) is 15.0. The van der Waals surface area contributed by atoms with Crippen LogP contribution in [0.3, 0.4) is 0 Å². The van der Waals surface area contributed by atoms with E-state index in [0.717, 1.165) is 5.56 Å². The number of benzene rings is 2. The molecule has 0 radical (unpaired) electrons. The fraction of sp³-hybridized carbons (Fsp3) is 0.0455. The number of halogens is 1. The van der Waals surface area contributed by atoms with Crippen LogP contribution in [0.25, 0.3) is 16.9 Å². The molecule has 0 bridgehead atoms. The Morgan fingerprint density at radius 1 is 1.10 bits per heavy atom. The number of non-ortho nitro benzene ring substituents is 1. The Hall–Kier alpha value is -4.40. The molecular weight excluding hydrogens is 401 g/mol. The topological polar surface area (TPSA) is 103 Å². The minimum atomic E-state index is -0.518. The number of hydrogen-bond donors (Lipinski definition) is 1.